The van der Waals surface area contributed by atoms with Crippen LogP contribution in [0.1, 0.15) is 18.4 Å². The van der Waals surface area contributed by atoms with Crippen LogP contribution in [-0.4, -0.2) is 36.7 Å². The van der Waals surface area contributed by atoms with Gasteiger partial charge in [0.15, 0.2) is 0 Å². The summed E-state index contributed by atoms with van der Waals surface area (Å²) in [7, 11) is -3.70. The number of hydrogen-bond acceptors (Lipinski definition) is 5. The molecule has 9 heteroatoms. The average Bonchev–Trinajstić information content (AvgIpc) is 2.79. The van der Waals surface area contributed by atoms with Gasteiger partial charge in [-0.3, -0.25) is 9.59 Å². The lowest BCUT2D eigenvalue weighted by atomic mass is 9.97. The number of rotatable bonds is 4. The number of aromatic amines is 1. The molecule has 0 atom stereocenters. The Balaban J connectivity index is 1.42. The summed E-state index contributed by atoms with van der Waals surface area (Å²) in [6, 6.07) is 16.2. The van der Waals surface area contributed by atoms with E-state index in [0.717, 1.165) is 0 Å². The number of carbonyl (C=O) groups excluding carboxylic acids is 1. The molecule has 1 aliphatic heterocycles. The van der Waals surface area contributed by atoms with E-state index in [9.17, 15) is 18.0 Å². The fraction of sp³-hybridized carbons (Fsp3) is 0.227. The second-order valence-electron chi connectivity index (χ2n) is 7.43. The van der Waals surface area contributed by atoms with Crippen molar-refractivity contribution in [2.45, 2.75) is 17.7 Å². The Morgan fingerprint density at radius 1 is 1.06 bits per heavy atom. The molecular weight excluding hydrogens is 416 g/mol. The molecule has 158 valence electrons. The van der Waals surface area contributed by atoms with E-state index in [0.29, 0.717) is 35.0 Å². The minimum atomic E-state index is -3.70. The Morgan fingerprint density at radius 2 is 1.77 bits per heavy atom. The fourth-order valence-electron chi connectivity index (χ4n) is 3.67. The van der Waals surface area contributed by atoms with E-state index in [2.05, 4.69) is 10.3 Å². The molecule has 2 N–H and O–H groups in total. The van der Waals surface area contributed by atoms with E-state index in [1.54, 1.807) is 42.5 Å². The normalized spacial score (nSPS) is 15.5. The van der Waals surface area contributed by atoms with E-state index in [1.165, 1.54) is 16.4 Å². The molecule has 0 spiro atoms. The van der Waals surface area contributed by atoms with Crippen molar-refractivity contribution < 1.29 is 13.2 Å². The Bertz CT molecular complexity index is 1330. The number of benzene rings is 2. The quantitative estimate of drug-likeness (QED) is 0.650. The zero-order valence-electron chi connectivity index (χ0n) is 16.5. The van der Waals surface area contributed by atoms with Crippen LogP contribution in [0.3, 0.4) is 0 Å². The number of piperidine rings is 1. The third-order valence-electron chi connectivity index (χ3n) is 5.44. The smallest absolute Gasteiger partial charge is 0.248 e. The highest BCUT2D eigenvalue weighted by Crippen LogP contribution is 2.26. The molecule has 1 aromatic heterocycles. The molecule has 2 heterocycles. The van der Waals surface area contributed by atoms with Gasteiger partial charge in [-0.2, -0.15) is 9.57 Å². The van der Waals surface area contributed by atoms with Gasteiger partial charge < -0.3 is 10.3 Å². The molecule has 0 aliphatic carbocycles. The van der Waals surface area contributed by atoms with Gasteiger partial charge in [-0.1, -0.05) is 0 Å². The second kappa shape index (κ2) is 8.34. The number of aromatic nitrogens is 1. The van der Waals surface area contributed by atoms with Crippen LogP contribution in [0.4, 0.5) is 5.69 Å². The number of nitrogens with zero attached hydrogens (tertiary/aromatic N) is 2. The third-order valence-corrected chi connectivity index (χ3v) is 7.33. The van der Waals surface area contributed by atoms with Crippen LogP contribution in [0.5, 0.6) is 0 Å². The molecule has 0 saturated carbocycles. The zero-order valence-corrected chi connectivity index (χ0v) is 17.4. The first-order valence-corrected chi connectivity index (χ1v) is 11.2. The largest absolute Gasteiger partial charge is 0.326 e. The first kappa shape index (κ1) is 20.8. The van der Waals surface area contributed by atoms with Crippen LogP contribution >= 0.6 is 0 Å². The summed E-state index contributed by atoms with van der Waals surface area (Å²) in [5.74, 6) is -0.444. The summed E-state index contributed by atoms with van der Waals surface area (Å²) in [4.78, 5) is 26.8. The lowest BCUT2D eigenvalue weighted by Gasteiger charge is -2.30. The molecule has 0 unspecified atom stereocenters. The van der Waals surface area contributed by atoms with Crippen molar-refractivity contribution in [3.63, 3.8) is 0 Å². The van der Waals surface area contributed by atoms with E-state index < -0.39 is 10.0 Å². The lowest BCUT2D eigenvalue weighted by Crippen LogP contribution is -2.41. The number of carbonyl (C=O) groups is 1. The molecule has 4 rings (SSSR count). The maximum atomic E-state index is 13.1. The Morgan fingerprint density at radius 3 is 2.45 bits per heavy atom. The van der Waals surface area contributed by atoms with Crippen molar-refractivity contribution in [2.24, 2.45) is 5.92 Å². The van der Waals surface area contributed by atoms with Crippen LogP contribution < -0.4 is 10.9 Å². The molecule has 31 heavy (non-hydrogen) atoms. The molecular formula is C22H20N4O4S. The van der Waals surface area contributed by atoms with Crippen molar-refractivity contribution in [1.82, 2.24) is 9.29 Å². The van der Waals surface area contributed by atoms with Gasteiger partial charge in [0.2, 0.25) is 21.5 Å². The topological polar surface area (TPSA) is 123 Å². The number of pyridine rings is 1. The number of anilines is 1. The van der Waals surface area contributed by atoms with Gasteiger partial charge in [0.1, 0.15) is 0 Å². The van der Waals surface area contributed by atoms with E-state index in [-0.39, 0.29) is 35.4 Å². The summed E-state index contributed by atoms with van der Waals surface area (Å²) < 4.78 is 27.5. The van der Waals surface area contributed by atoms with Crippen LogP contribution in [0.15, 0.2) is 64.3 Å². The number of nitriles is 1. The predicted octanol–water partition coefficient (Wildman–Crippen LogP) is 2.44. The first-order valence-electron chi connectivity index (χ1n) is 9.81. The highest BCUT2D eigenvalue weighted by Gasteiger charge is 2.32. The molecule has 0 bridgehead atoms. The lowest BCUT2D eigenvalue weighted by molar-refractivity contribution is -0.120. The number of fused-ring (bicyclic) bond motifs is 1. The standard InChI is InChI=1S/C22H20N4O4S/c23-14-15-1-4-18(5-2-15)24-22(28)16-9-11-26(12-10-16)31(29,30)19-6-7-20-17(13-19)3-8-21(27)25-20/h1-8,13,16H,9-12H2,(H,24,28)(H,25,27). The molecule has 1 amide bonds. The molecule has 8 nitrogen and oxygen atoms in total. The number of sulfonamides is 1. The average molecular weight is 436 g/mol. The van der Waals surface area contributed by atoms with Gasteiger partial charge in [0.25, 0.3) is 0 Å². The molecule has 2 aromatic carbocycles. The SMILES string of the molecule is N#Cc1ccc(NC(=O)C2CCN(S(=O)(=O)c3ccc4[nH]c(=O)ccc4c3)CC2)cc1. The van der Waals surface area contributed by atoms with Crippen molar-refractivity contribution in [3.05, 3.63) is 70.5 Å². The number of hydrogen-bond donors (Lipinski definition) is 2. The summed E-state index contributed by atoms with van der Waals surface area (Å²) in [6.45, 7) is 0.495. The molecule has 0 radical (unpaired) electrons. The Kier molecular flexibility index (Phi) is 5.59. The molecule has 1 saturated heterocycles. The van der Waals surface area contributed by atoms with Gasteiger partial charge in [-0.25, -0.2) is 8.42 Å². The van der Waals surface area contributed by atoms with Crippen molar-refractivity contribution >= 4 is 32.5 Å². The highest BCUT2D eigenvalue weighted by atomic mass is 32.2. The van der Waals surface area contributed by atoms with E-state index >= 15 is 0 Å². The third kappa shape index (κ3) is 4.35. The first-order chi connectivity index (χ1) is 14.9. The van der Waals surface area contributed by atoms with Gasteiger partial charge in [-0.15, -0.1) is 0 Å². The van der Waals surface area contributed by atoms with Crippen molar-refractivity contribution in [3.8, 4) is 6.07 Å². The van der Waals surface area contributed by atoms with Gasteiger partial charge in [0.05, 0.1) is 16.5 Å². The summed E-state index contributed by atoms with van der Waals surface area (Å²) in [6.07, 6.45) is 0.838. The zero-order chi connectivity index (χ0) is 22.0. The van der Waals surface area contributed by atoms with E-state index in [1.807, 2.05) is 6.07 Å². The monoisotopic (exact) mass is 436 g/mol. The van der Waals surface area contributed by atoms with Crippen molar-refractivity contribution in [1.29, 1.82) is 5.26 Å². The minimum Gasteiger partial charge on any atom is -0.326 e. The van der Waals surface area contributed by atoms with Crippen molar-refractivity contribution in [2.75, 3.05) is 18.4 Å². The second-order valence-corrected chi connectivity index (χ2v) is 9.37. The highest BCUT2D eigenvalue weighted by molar-refractivity contribution is 7.89. The predicted molar refractivity (Wildman–Crippen MR) is 116 cm³/mol. The Hall–Kier alpha value is -3.48. The van der Waals surface area contributed by atoms with Crippen LogP contribution in [0.25, 0.3) is 10.9 Å². The molecule has 1 aliphatic rings. The summed E-state index contributed by atoms with van der Waals surface area (Å²) in [5, 5.41) is 12.3. The molecule has 1 fully saturated rings. The fourth-order valence-corrected chi connectivity index (χ4v) is 5.18. The summed E-state index contributed by atoms with van der Waals surface area (Å²) in [5.41, 5.74) is 1.44. The maximum absolute atomic E-state index is 13.1. The van der Waals surface area contributed by atoms with Crippen LogP contribution in [0, 0.1) is 17.2 Å². The van der Waals surface area contributed by atoms with Gasteiger partial charge in [0, 0.05) is 36.3 Å². The minimum absolute atomic E-state index is 0.156. The van der Waals surface area contributed by atoms with Gasteiger partial charge in [-0.05, 0) is 66.8 Å². The van der Waals surface area contributed by atoms with Crippen LogP contribution in [-0.2, 0) is 14.8 Å². The van der Waals surface area contributed by atoms with E-state index in [4.69, 9.17) is 5.26 Å². The maximum Gasteiger partial charge on any atom is 0.248 e. The number of H-pyrrole nitrogens is 1. The number of amides is 1. The number of nitrogens with one attached hydrogen (secondary N) is 2. The Labute approximate surface area is 179 Å². The molecule has 3 aromatic rings. The summed E-state index contributed by atoms with van der Waals surface area (Å²) >= 11 is 0. The van der Waals surface area contributed by atoms with Crippen LogP contribution in [0.2, 0.25) is 0 Å². The van der Waals surface area contributed by atoms with Gasteiger partial charge >= 0.3 is 0 Å².